The van der Waals surface area contributed by atoms with E-state index < -0.39 is 0 Å². The molecule has 1 saturated carbocycles. The van der Waals surface area contributed by atoms with E-state index in [1.165, 1.54) is 38.8 Å². The Morgan fingerprint density at radius 1 is 1.24 bits per heavy atom. The number of piperidine rings is 1. The topological polar surface area (TPSA) is 39.7 Å². The van der Waals surface area contributed by atoms with Gasteiger partial charge in [0, 0.05) is 38.8 Å². The third kappa shape index (κ3) is 5.17. The molecule has 25 heavy (non-hydrogen) atoms. The van der Waals surface area contributed by atoms with Crippen molar-refractivity contribution in [3.8, 4) is 0 Å². The normalized spacial score (nSPS) is 20.8. The van der Waals surface area contributed by atoms with Gasteiger partial charge in [-0.15, -0.1) is 0 Å². The maximum Gasteiger partial charge on any atom is 0.191 e. The summed E-state index contributed by atoms with van der Waals surface area (Å²) >= 11 is 3.18. The molecule has 0 amide bonds. The molecule has 1 heterocycles. The van der Waals surface area contributed by atoms with Crippen LogP contribution in [0.15, 0.2) is 27.7 Å². The van der Waals surface area contributed by atoms with Crippen LogP contribution in [0.5, 0.6) is 0 Å². The summed E-state index contributed by atoms with van der Waals surface area (Å²) in [5, 5.41) is 6.81. The first-order chi connectivity index (χ1) is 12.2. The molecule has 1 aromatic carbocycles. The Morgan fingerprint density at radius 2 is 1.96 bits per heavy atom. The fraction of sp³-hybridized carbons (Fsp3) is 0.632. The van der Waals surface area contributed by atoms with Gasteiger partial charge in [0.05, 0.1) is 4.47 Å². The lowest BCUT2D eigenvalue weighted by Gasteiger charge is -2.36. The van der Waals surface area contributed by atoms with Gasteiger partial charge in [0.25, 0.3) is 0 Å². The van der Waals surface area contributed by atoms with E-state index in [0.717, 1.165) is 30.4 Å². The molecule has 0 spiro atoms. The quantitative estimate of drug-likeness (QED) is 0.587. The predicted molar refractivity (Wildman–Crippen MR) is 104 cm³/mol. The third-order valence-electron chi connectivity index (χ3n) is 5.38. The highest BCUT2D eigenvalue weighted by molar-refractivity contribution is 9.10. The lowest BCUT2D eigenvalue weighted by molar-refractivity contribution is 0.150. The first-order valence-corrected chi connectivity index (χ1v) is 10.1. The molecule has 0 radical (unpaired) electrons. The average Bonchev–Trinajstić information content (AvgIpc) is 3.16. The molecule has 0 bridgehead atoms. The second kappa shape index (κ2) is 8.99. The number of hydrogen-bond acceptors (Lipinski definition) is 2. The molecule has 4 nitrogen and oxygen atoms in total. The summed E-state index contributed by atoms with van der Waals surface area (Å²) < 4.78 is 14.1. The maximum atomic E-state index is 13.6. The van der Waals surface area contributed by atoms with Gasteiger partial charge in [-0.2, -0.15) is 0 Å². The van der Waals surface area contributed by atoms with Gasteiger partial charge < -0.3 is 15.5 Å². The molecule has 1 aliphatic carbocycles. The smallest absolute Gasteiger partial charge is 0.191 e. The molecular formula is C19H28BrFN4. The van der Waals surface area contributed by atoms with Crippen LogP contribution in [-0.2, 0) is 6.54 Å². The second-order valence-electron chi connectivity index (χ2n) is 7.07. The fourth-order valence-electron chi connectivity index (χ4n) is 3.90. The van der Waals surface area contributed by atoms with Crippen LogP contribution in [0.3, 0.4) is 0 Å². The minimum Gasteiger partial charge on any atom is -0.354 e. The van der Waals surface area contributed by atoms with Gasteiger partial charge in [-0.25, -0.2) is 4.39 Å². The van der Waals surface area contributed by atoms with Crippen molar-refractivity contribution in [2.75, 3.05) is 20.1 Å². The van der Waals surface area contributed by atoms with Crippen LogP contribution in [0, 0.1) is 5.82 Å². The lowest BCUT2D eigenvalue weighted by Crippen LogP contribution is -2.50. The van der Waals surface area contributed by atoms with Crippen LogP contribution in [-0.4, -0.2) is 43.1 Å². The van der Waals surface area contributed by atoms with Crippen LogP contribution < -0.4 is 10.6 Å². The minimum atomic E-state index is -0.235. The molecule has 6 heteroatoms. The van der Waals surface area contributed by atoms with Gasteiger partial charge in [0.15, 0.2) is 5.96 Å². The number of aliphatic imine (C=N–C) groups is 1. The number of nitrogens with zero attached hydrogens (tertiary/aromatic N) is 2. The number of rotatable bonds is 4. The molecule has 2 fully saturated rings. The lowest BCUT2D eigenvalue weighted by atomic mass is 10.0. The second-order valence-corrected chi connectivity index (χ2v) is 7.92. The van der Waals surface area contributed by atoms with Crippen molar-refractivity contribution in [1.82, 2.24) is 15.5 Å². The molecule has 2 aliphatic rings. The van der Waals surface area contributed by atoms with E-state index in [4.69, 9.17) is 0 Å². The van der Waals surface area contributed by atoms with E-state index in [1.807, 2.05) is 6.07 Å². The largest absolute Gasteiger partial charge is 0.354 e. The number of hydrogen-bond donors (Lipinski definition) is 2. The van der Waals surface area contributed by atoms with Gasteiger partial charge in [-0.3, -0.25) is 4.99 Å². The Balaban J connectivity index is 1.44. The van der Waals surface area contributed by atoms with E-state index in [9.17, 15) is 4.39 Å². The highest BCUT2D eigenvalue weighted by Gasteiger charge is 2.27. The Hall–Kier alpha value is -1.14. The molecule has 138 valence electrons. The number of guanidine groups is 1. The van der Waals surface area contributed by atoms with Gasteiger partial charge in [-0.05, 0) is 59.3 Å². The van der Waals surface area contributed by atoms with Gasteiger partial charge in [0.1, 0.15) is 5.82 Å². The van der Waals surface area contributed by atoms with Gasteiger partial charge in [-0.1, -0.05) is 18.9 Å². The molecule has 0 unspecified atom stereocenters. The minimum absolute atomic E-state index is 0.235. The summed E-state index contributed by atoms with van der Waals surface area (Å²) in [6.07, 6.45) is 7.87. The van der Waals surface area contributed by atoms with Crippen molar-refractivity contribution >= 4 is 21.9 Å². The van der Waals surface area contributed by atoms with E-state index in [1.54, 1.807) is 19.2 Å². The monoisotopic (exact) mass is 410 g/mol. The van der Waals surface area contributed by atoms with Crippen LogP contribution in [0.25, 0.3) is 0 Å². The number of likely N-dealkylation sites (tertiary alicyclic amines) is 1. The molecule has 1 aliphatic heterocycles. The van der Waals surface area contributed by atoms with Gasteiger partial charge in [0.2, 0.25) is 0 Å². The first-order valence-electron chi connectivity index (χ1n) is 9.31. The van der Waals surface area contributed by atoms with E-state index in [-0.39, 0.29) is 5.82 Å². The summed E-state index contributed by atoms with van der Waals surface area (Å²) in [4.78, 5) is 6.98. The standard InChI is InChI=1S/C19H28BrFN4/c1-22-19(23-13-14-6-7-17(20)18(21)12-14)24-15-8-10-25(11-9-15)16-4-2-3-5-16/h6-7,12,15-16H,2-5,8-11,13H2,1H3,(H2,22,23,24). The molecular weight excluding hydrogens is 383 g/mol. The summed E-state index contributed by atoms with van der Waals surface area (Å²) in [6.45, 7) is 2.92. The zero-order chi connectivity index (χ0) is 17.6. The Labute approximate surface area is 158 Å². The van der Waals surface area contributed by atoms with Crippen molar-refractivity contribution in [3.05, 3.63) is 34.1 Å². The summed E-state index contributed by atoms with van der Waals surface area (Å²) in [6, 6.07) is 6.48. The van der Waals surface area contributed by atoms with Crippen molar-refractivity contribution in [3.63, 3.8) is 0 Å². The first kappa shape index (κ1) is 18.6. The molecule has 1 aromatic rings. The average molecular weight is 411 g/mol. The molecule has 3 rings (SSSR count). The summed E-state index contributed by atoms with van der Waals surface area (Å²) in [5.41, 5.74) is 0.903. The molecule has 0 aromatic heterocycles. The van der Waals surface area contributed by atoms with Crippen LogP contribution in [0.4, 0.5) is 4.39 Å². The Morgan fingerprint density at radius 3 is 2.60 bits per heavy atom. The van der Waals surface area contributed by atoms with E-state index in [2.05, 4.69) is 36.5 Å². The Bertz CT molecular complexity index is 593. The maximum absolute atomic E-state index is 13.6. The van der Waals surface area contributed by atoms with Crippen molar-refractivity contribution in [2.24, 2.45) is 4.99 Å². The van der Waals surface area contributed by atoms with Crippen molar-refractivity contribution in [2.45, 2.75) is 57.2 Å². The fourth-order valence-corrected chi connectivity index (χ4v) is 4.15. The highest BCUT2D eigenvalue weighted by atomic mass is 79.9. The van der Waals surface area contributed by atoms with E-state index in [0.29, 0.717) is 17.1 Å². The van der Waals surface area contributed by atoms with Crippen molar-refractivity contribution < 1.29 is 4.39 Å². The highest BCUT2D eigenvalue weighted by Crippen LogP contribution is 2.26. The van der Waals surface area contributed by atoms with Crippen molar-refractivity contribution in [1.29, 1.82) is 0 Å². The molecule has 1 saturated heterocycles. The number of halogens is 2. The molecule has 2 N–H and O–H groups in total. The summed E-state index contributed by atoms with van der Waals surface area (Å²) in [7, 11) is 1.78. The molecule has 0 atom stereocenters. The van der Waals surface area contributed by atoms with Crippen LogP contribution in [0.1, 0.15) is 44.1 Å². The SMILES string of the molecule is CN=C(NCc1ccc(Br)c(F)c1)NC1CCN(C2CCCC2)CC1. The zero-order valence-corrected chi connectivity index (χ0v) is 16.5. The number of nitrogens with one attached hydrogen (secondary N) is 2. The van der Waals surface area contributed by atoms with Crippen LogP contribution >= 0.6 is 15.9 Å². The van der Waals surface area contributed by atoms with Gasteiger partial charge >= 0.3 is 0 Å². The van der Waals surface area contributed by atoms with Crippen LogP contribution in [0.2, 0.25) is 0 Å². The Kier molecular flexibility index (Phi) is 6.70. The summed E-state index contributed by atoms with van der Waals surface area (Å²) in [5.74, 6) is 0.559. The third-order valence-corrected chi connectivity index (χ3v) is 6.02. The van der Waals surface area contributed by atoms with E-state index >= 15 is 0 Å². The predicted octanol–water partition coefficient (Wildman–Crippen LogP) is 3.66. The number of benzene rings is 1. The zero-order valence-electron chi connectivity index (χ0n) is 14.9.